The molecule has 0 unspecified atom stereocenters. The van der Waals surface area contributed by atoms with Crippen molar-refractivity contribution in [2.45, 2.75) is 99.2 Å². The maximum absolute atomic E-state index is 12.3. The Balaban J connectivity index is 3.75. The van der Waals surface area contributed by atoms with E-state index >= 15 is 0 Å². The summed E-state index contributed by atoms with van der Waals surface area (Å²) in [5, 5.41) is 23.6. The summed E-state index contributed by atoms with van der Waals surface area (Å²) < 4.78 is 5.61. The smallest absolute Gasteiger partial charge is 0.338 e. The van der Waals surface area contributed by atoms with Gasteiger partial charge in [0.25, 0.3) is 0 Å². The SMILES string of the molecule is C=C(C)C(=O)Oc1cc(C(O)(CC(C)C)CC(C)C)cc(C(O)(CC(C)C)CC(C)C)c1. The third-order valence-corrected chi connectivity index (χ3v) is 5.52. The summed E-state index contributed by atoms with van der Waals surface area (Å²) in [6.07, 6.45) is 2.31. The maximum Gasteiger partial charge on any atom is 0.338 e. The first-order valence-corrected chi connectivity index (χ1v) is 12.1. The molecule has 0 atom stereocenters. The fourth-order valence-electron chi connectivity index (χ4n) is 4.73. The topological polar surface area (TPSA) is 66.8 Å². The second kappa shape index (κ2) is 11.5. The number of rotatable bonds is 12. The van der Waals surface area contributed by atoms with Crippen LogP contribution in [0.5, 0.6) is 5.75 Å². The quantitative estimate of drug-likeness (QED) is 0.212. The zero-order valence-electron chi connectivity index (χ0n) is 21.8. The van der Waals surface area contributed by atoms with E-state index in [-0.39, 0.29) is 23.7 Å². The van der Waals surface area contributed by atoms with Crippen molar-refractivity contribution in [3.05, 3.63) is 41.5 Å². The lowest BCUT2D eigenvalue weighted by atomic mass is 9.75. The van der Waals surface area contributed by atoms with Crippen molar-refractivity contribution in [3.63, 3.8) is 0 Å². The van der Waals surface area contributed by atoms with Crippen molar-refractivity contribution in [1.82, 2.24) is 0 Å². The molecule has 0 bridgehead atoms. The van der Waals surface area contributed by atoms with Crippen molar-refractivity contribution in [2.24, 2.45) is 23.7 Å². The van der Waals surface area contributed by atoms with E-state index in [2.05, 4.69) is 62.0 Å². The van der Waals surface area contributed by atoms with Crippen molar-refractivity contribution >= 4 is 5.97 Å². The molecule has 0 radical (unpaired) electrons. The molecule has 2 N–H and O–H groups in total. The van der Waals surface area contributed by atoms with E-state index < -0.39 is 17.2 Å². The molecule has 0 aromatic heterocycles. The van der Waals surface area contributed by atoms with Gasteiger partial charge in [0.1, 0.15) is 5.75 Å². The molecular weight excluding hydrogens is 400 g/mol. The molecule has 0 fully saturated rings. The van der Waals surface area contributed by atoms with Gasteiger partial charge in [0.2, 0.25) is 0 Å². The number of esters is 1. The molecule has 0 heterocycles. The Hall–Kier alpha value is -1.65. The van der Waals surface area contributed by atoms with Gasteiger partial charge in [-0.2, -0.15) is 0 Å². The van der Waals surface area contributed by atoms with Gasteiger partial charge in [0.15, 0.2) is 0 Å². The van der Waals surface area contributed by atoms with Crippen LogP contribution < -0.4 is 4.74 Å². The van der Waals surface area contributed by atoms with Crippen LogP contribution in [0.15, 0.2) is 30.4 Å². The number of carbonyl (C=O) groups is 1. The van der Waals surface area contributed by atoms with Gasteiger partial charge in [0.05, 0.1) is 11.2 Å². The van der Waals surface area contributed by atoms with Gasteiger partial charge in [-0.3, -0.25) is 0 Å². The lowest BCUT2D eigenvalue weighted by Gasteiger charge is -2.36. The molecule has 0 aliphatic heterocycles. The van der Waals surface area contributed by atoms with E-state index in [1.165, 1.54) is 0 Å². The molecule has 0 saturated heterocycles. The molecule has 4 heteroatoms. The van der Waals surface area contributed by atoms with Crippen LogP contribution in [-0.4, -0.2) is 16.2 Å². The molecule has 1 aromatic rings. The van der Waals surface area contributed by atoms with Crippen LogP contribution >= 0.6 is 0 Å². The van der Waals surface area contributed by atoms with Crippen LogP contribution in [0.2, 0.25) is 0 Å². The molecule has 1 rings (SSSR count). The van der Waals surface area contributed by atoms with Crippen LogP contribution in [0.3, 0.4) is 0 Å². The predicted octanol–water partition coefficient (Wildman–Crippen LogP) is 6.73. The van der Waals surface area contributed by atoms with Crippen molar-refractivity contribution in [1.29, 1.82) is 0 Å². The van der Waals surface area contributed by atoms with E-state index in [1.807, 2.05) is 6.07 Å². The lowest BCUT2D eigenvalue weighted by Crippen LogP contribution is -2.33. The highest BCUT2D eigenvalue weighted by Gasteiger charge is 2.36. The van der Waals surface area contributed by atoms with Gasteiger partial charge >= 0.3 is 5.97 Å². The normalized spacial score (nSPS) is 12.8. The Bertz CT molecular complexity index is 705. The first-order chi connectivity index (χ1) is 14.6. The Morgan fingerprint density at radius 1 is 0.781 bits per heavy atom. The predicted molar refractivity (Wildman–Crippen MR) is 133 cm³/mol. The van der Waals surface area contributed by atoms with E-state index in [9.17, 15) is 15.0 Å². The van der Waals surface area contributed by atoms with Crippen LogP contribution in [0.1, 0.15) is 99.1 Å². The molecule has 1 aromatic carbocycles. The summed E-state index contributed by atoms with van der Waals surface area (Å²) in [5.41, 5.74) is -0.490. The van der Waals surface area contributed by atoms with E-state index in [0.717, 1.165) is 0 Å². The molecule has 32 heavy (non-hydrogen) atoms. The zero-order chi connectivity index (χ0) is 24.9. The summed E-state index contributed by atoms with van der Waals surface area (Å²) in [4.78, 5) is 12.3. The number of benzene rings is 1. The summed E-state index contributed by atoms with van der Waals surface area (Å²) in [5.74, 6) is 0.911. The fraction of sp³-hybridized carbons (Fsp3) is 0.679. The highest BCUT2D eigenvalue weighted by molar-refractivity contribution is 5.88. The van der Waals surface area contributed by atoms with Gasteiger partial charge in [-0.05, 0) is 85.6 Å². The average molecular weight is 447 g/mol. The molecular formula is C28H46O4. The fourth-order valence-corrected chi connectivity index (χ4v) is 4.73. The van der Waals surface area contributed by atoms with Crippen LogP contribution in [-0.2, 0) is 16.0 Å². The number of ether oxygens (including phenoxy) is 1. The van der Waals surface area contributed by atoms with Gasteiger partial charge in [0, 0.05) is 5.57 Å². The third kappa shape index (κ3) is 8.37. The molecule has 0 spiro atoms. The molecule has 182 valence electrons. The first-order valence-electron chi connectivity index (χ1n) is 12.1. The monoisotopic (exact) mass is 446 g/mol. The third-order valence-electron chi connectivity index (χ3n) is 5.52. The lowest BCUT2D eigenvalue weighted by molar-refractivity contribution is -0.130. The average Bonchev–Trinajstić information content (AvgIpc) is 2.58. The molecule has 4 nitrogen and oxygen atoms in total. The molecule has 0 aliphatic rings. The number of carbonyl (C=O) groups excluding carboxylic acids is 1. The highest BCUT2D eigenvalue weighted by Crippen LogP contribution is 2.42. The van der Waals surface area contributed by atoms with Crippen LogP contribution in [0.25, 0.3) is 0 Å². The second-order valence-electron chi connectivity index (χ2n) is 11.4. The number of hydrogen-bond donors (Lipinski definition) is 2. The first kappa shape index (κ1) is 28.4. The van der Waals surface area contributed by atoms with E-state index in [4.69, 9.17) is 4.74 Å². The molecule has 0 amide bonds. The molecule has 0 aliphatic carbocycles. The Kier molecular flexibility index (Phi) is 10.2. The second-order valence-corrected chi connectivity index (χ2v) is 11.4. The maximum atomic E-state index is 12.3. The van der Waals surface area contributed by atoms with Gasteiger partial charge in [-0.25, -0.2) is 4.79 Å². The minimum Gasteiger partial charge on any atom is -0.423 e. The van der Waals surface area contributed by atoms with E-state index in [1.54, 1.807) is 19.1 Å². The summed E-state index contributed by atoms with van der Waals surface area (Å²) >= 11 is 0. The minimum atomic E-state index is -1.08. The summed E-state index contributed by atoms with van der Waals surface area (Å²) in [6, 6.07) is 5.42. The van der Waals surface area contributed by atoms with E-state index in [0.29, 0.717) is 48.1 Å². The van der Waals surface area contributed by atoms with Gasteiger partial charge in [-0.1, -0.05) is 62.0 Å². The van der Waals surface area contributed by atoms with Gasteiger partial charge < -0.3 is 14.9 Å². The van der Waals surface area contributed by atoms with Crippen molar-refractivity contribution in [2.75, 3.05) is 0 Å². The largest absolute Gasteiger partial charge is 0.423 e. The van der Waals surface area contributed by atoms with Crippen molar-refractivity contribution in [3.8, 4) is 5.75 Å². The minimum absolute atomic E-state index is 0.272. The standard InChI is InChI=1S/C28H46O4/c1-18(2)14-27(30,15-19(3)4)23-11-24(13-25(12-23)32-26(29)22(9)10)28(31,16-20(5)6)17-21(7)8/h11-13,18-21,30-31H,9,14-17H2,1-8,10H3. The van der Waals surface area contributed by atoms with Crippen LogP contribution in [0, 0.1) is 23.7 Å². The van der Waals surface area contributed by atoms with Gasteiger partial charge in [-0.15, -0.1) is 0 Å². The molecule has 0 saturated carbocycles. The Labute approximate surface area is 196 Å². The zero-order valence-corrected chi connectivity index (χ0v) is 21.8. The number of hydrogen-bond acceptors (Lipinski definition) is 4. The van der Waals surface area contributed by atoms with Crippen LogP contribution in [0.4, 0.5) is 0 Å². The highest BCUT2D eigenvalue weighted by atomic mass is 16.5. The van der Waals surface area contributed by atoms with Crippen molar-refractivity contribution < 1.29 is 19.7 Å². The Morgan fingerprint density at radius 3 is 1.34 bits per heavy atom. The number of aliphatic hydroxyl groups is 2. The summed E-state index contributed by atoms with van der Waals surface area (Å²) in [7, 11) is 0. The summed E-state index contributed by atoms with van der Waals surface area (Å²) in [6.45, 7) is 22.0. The Morgan fingerprint density at radius 2 is 1.09 bits per heavy atom.